The third kappa shape index (κ3) is 6.85. The third-order valence-corrected chi connectivity index (χ3v) is 6.87. The Morgan fingerprint density at radius 2 is 2.08 bits per heavy atom. The molecule has 0 aromatic carbocycles. The summed E-state index contributed by atoms with van der Waals surface area (Å²) < 4.78 is 11.4. The average Bonchev–Trinajstić information content (AvgIpc) is 3.18. The number of anilines is 1. The van der Waals surface area contributed by atoms with Gasteiger partial charge in [-0.3, -0.25) is 20.1 Å². The number of pyridine rings is 2. The number of urea groups is 1. The molecule has 0 aliphatic carbocycles. The smallest absolute Gasteiger partial charge is 0.325 e. The van der Waals surface area contributed by atoms with Crippen LogP contribution in [-0.2, 0) is 4.74 Å². The number of hydrogen-bond acceptors (Lipinski definition) is 9. The van der Waals surface area contributed by atoms with E-state index >= 15 is 0 Å². The number of aliphatic hydroxyl groups is 1. The number of rotatable bonds is 9. The lowest BCUT2D eigenvalue weighted by Gasteiger charge is -2.27. The minimum Gasteiger partial charge on any atom is -0.455 e. The van der Waals surface area contributed by atoms with Crippen molar-refractivity contribution in [3.8, 4) is 11.5 Å². The number of ether oxygens (including phenoxy) is 2. The molecule has 4 N–H and O–H groups in total. The Hall–Kier alpha value is -3.54. The quantitative estimate of drug-likeness (QED) is 0.291. The Kier molecular flexibility index (Phi) is 8.93. The van der Waals surface area contributed by atoms with Gasteiger partial charge in [0.25, 0.3) is 0 Å². The number of aliphatic hydroxyl groups excluding tert-OH is 1. The van der Waals surface area contributed by atoms with Gasteiger partial charge in [0.05, 0.1) is 24.6 Å². The highest BCUT2D eigenvalue weighted by Gasteiger charge is 2.41. The number of aryl methyl sites for hydroxylation is 1. The van der Waals surface area contributed by atoms with Crippen molar-refractivity contribution in [2.45, 2.75) is 33.4 Å². The van der Waals surface area contributed by atoms with Gasteiger partial charge in [-0.25, -0.2) is 9.78 Å². The number of carbonyl (C=O) groups excluding carboxylic acids is 1. The highest BCUT2D eigenvalue weighted by Crippen LogP contribution is 2.34. The van der Waals surface area contributed by atoms with Gasteiger partial charge in [0.15, 0.2) is 0 Å². The summed E-state index contributed by atoms with van der Waals surface area (Å²) in [6.45, 7) is 11.2. The van der Waals surface area contributed by atoms with Crippen LogP contribution in [-0.4, -0.2) is 89.3 Å². The SMILES string of the molecule is Cc1nc(NC(=O)N2CCC(C)(C)C2O)ccc1Oc1ccnc(/C(C=N)=C/NCCN2CCOCC2)c1. The normalized spacial score (nSPS) is 19.7. The van der Waals surface area contributed by atoms with Gasteiger partial charge in [0, 0.05) is 68.4 Å². The summed E-state index contributed by atoms with van der Waals surface area (Å²) in [4.78, 5) is 25.2. The molecule has 11 heteroatoms. The minimum atomic E-state index is -0.841. The number of nitrogens with one attached hydrogen (secondary N) is 3. The minimum absolute atomic E-state index is 0.340. The van der Waals surface area contributed by atoms with Gasteiger partial charge < -0.3 is 25.3 Å². The van der Waals surface area contributed by atoms with Crippen molar-refractivity contribution in [1.82, 2.24) is 25.1 Å². The van der Waals surface area contributed by atoms with Crippen LogP contribution in [0.15, 0.2) is 36.7 Å². The maximum atomic E-state index is 12.6. The first-order valence-corrected chi connectivity index (χ1v) is 12.9. The van der Waals surface area contributed by atoms with E-state index in [4.69, 9.17) is 14.9 Å². The van der Waals surface area contributed by atoms with Crippen LogP contribution >= 0.6 is 0 Å². The van der Waals surface area contributed by atoms with Crippen molar-refractivity contribution in [3.63, 3.8) is 0 Å². The summed E-state index contributed by atoms with van der Waals surface area (Å²) in [7, 11) is 0. The van der Waals surface area contributed by atoms with E-state index in [1.807, 2.05) is 13.8 Å². The molecule has 38 heavy (non-hydrogen) atoms. The van der Waals surface area contributed by atoms with Crippen molar-refractivity contribution in [1.29, 1.82) is 5.41 Å². The van der Waals surface area contributed by atoms with Crippen LogP contribution in [0.5, 0.6) is 11.5 Å². The van der Waals surface area contributed by atoms with Crippen LogP contribution < -0.4 is 15.4 Å². The highest BCUT2D eigenvalue weighted by molar-refractivity contribution is 6.07. The molecule has 2 amide bonds. The molecule has 2 aliphatic heterocycles. The van der Waals surface area contributed by atoms with Crippen LogP contribution in [0.1, 0.15) is 31.7 Å². The zero-order valence-electron chi connectivity index (χ0n) is 22.2. The van der Waals surface area contributed by atoms with Gasteiger partial charge in [-0.1, -0.05) is 13.8 Å². The van der Waals surface area contributed by atoms with Crippen LogP contribution in [0.3, 0.4) is 0 Å². The standard InChI is InChI=1S/C27H37N7O4/c1-19-23(4-5-24(31-19)32-26(36)34-10-7-27(2,3)25(34)35)38-21-6-8-30-22(16-21)20(17-28)18-29-9-11-33-12-14-37-15-13-33/h4-6,8,16-18,25,28-29,35H,7,9-15H2,1-3H3,(H,31,32,36)/b20-18+,28-17?. The molecule has 1 unspecified atom stereocenters. The van der Waals surface area contributed by atoms with E-state index in [0.29, 0.717) is 40.8 Å². The number of hydrogen-bond donors (Lipinski definition) is 4. The number of likely N-dealkylation sites (tertiary alicyclic amines) is 1. The molecule has 11 nitrogen and oxygen atoms in total. The van der Waals surface area contributed by atoms with E-state index in [1.165, 1.54) is 11.1 Å². The first-order chi connectivity index (χ1) is 18.3. The third-order valence-electron chi connectivity index (χ3n) is 6.87. The Balaban J connectivity index is 1.35. The zero-order valence-corrected chi connectivity index (χ0v) is 22.2. The molecule has 204 valence electrons. The van der Waals surface area contributed by atoms with E-state index in [0.717, 1.165) is 45.8 Å². The number of nitrogens with zero attached hydrogens (tertiary/aromatic N) is 4. The fourth-order valence-corrected chi connectivity index (χ4v) is 4.38. The monoisotopic (exact) mass is 523 g/mol. The van der Waals surface area contributed by atoms with Crippen LogP contribution in [0.25, 0.3) is 5.57 Å². The lowest BCUT2D eigenvalue weighted by atomic mass is 9.91. The maximum absolute atomic E-state index is 12.6. The van der Waals surface area contributed by atoms with E-state index in [9.17, 15) is 9.90 Å². The Labute approximate surface area is 223 Å². The number of allylic oxidation sites excluding steroid dienone is 1. The summed E-state index contributed by atoms with van der Waals surface area (Å²) in [5.74, 6) is 1.47. The lowest BCUT2D eigenvalue weighted by Crippen LogP contribution is -2.42. The molecule has 2 aromatic rings. The largest absolute Gasteiger partial charge is 0.455 e. The zero-order chi connectivity index (χ0) is 27.1. The first-order valence-electron chi connectivity index (χ1n) is 12.9. The van der Waals surface area contributed by atoms with Crippen molar-refractivity contribution in [2.75, 3.05) is 51.3 Å². The van der Waals surface area contributed by atoms with Crippen molar-refractivity contribution in [2.24, 2.45) is 5.41 Å². The van der Waals surface area contributed by atoms with E-state index < -0.39 is 6.23 Å². The number of aromatic nitrogens is 2. The first kappa shape index (κ1) is 27.5. The van der Waals surface area contributed by atoms with Crippen LogP contribution in [0, 0.1) is 17.7 Å². The second-order valence-electron chi connectivity index (χ2n) is 10.1. The summed E-state index contributed by atoms with van der Waals surface area (Å²) in [5.41, 5.74) is 1.50. The summed E-state index contributed by atoms with van der Waals surface area (Å²) in [5, 5.41) is 24.3. The summed E-state index contributed by atoms with van der Waals surface area (Å²) >= 11 is 0. The second-order valence-corrected chi connectivity index (χ2v) is 10.1. The molecule has 4 rings (SSSR count). The van der Waals surface area contributed by atoms with Crippen LogP contribution in [0.2, 0.25) is 0 Å². The molecule has 2 saturated heterocycles. The highest BCUT2D eigenvalue weighted by atomic mass is 16.5. The van der Waals surface area contributed by atoms with E-state index in [1.54, 1.807) is 43.6 Å². The van der Waals surface area contributed by atoms with Crippen molar-refractivity contribution >= 4 is 23.6 Å². The molecular formula is C27H37N7O4. The molecule has 2 aromatic heterocycles. The van der Waals surface area contributed by atoms with Crippen LogP contribution in [0.4, 0.5) is 10.6 Å². The predicted octanol–water partition coefficient (Wildman–Crippen LogP) is 3.07. The fraction of sp³-hybridized carbons (Fsp3) is 0.481. The summed E-state index contributed by atoms with van der Waals surface area (Å²) in [6.07, 6.45) is 4.58. The molecule has 1 atom stereocenters. The van der Waals surface area contributed by atoms with Gasteiger partial charge in [0.1, 0.15) is 23.5 Å². The molecule has 0 spiro atoms. The molecule has 2 aliphatic rings. The molecule has 0 bridgehead atoms. The molecule has 4 heterocycles. The molecule has 0 radical (unpaired) electrons. The van der Waals surface area contributed by atoms with Gasteiger partial charge in [-0.05, 0) is 31.5 Å². The topological polar surface area (TPSA) is 136 Å². The number of carbonyl (C=O) groups is 1. The Morgan fingerprint density at radius 3 is 2.76 bits per heavy atom. The number of morpholine rings is 1. The number of amides is 2. The Bertz CT molecular complexity index is 1160. The average molecular weight is 524 g/mol. The molecule has 2 fully saturated rings. The van der Waals surface area contributed by atoms with E-state index in [2.05, 4.69) is 25.5 Å². The fourth-order valence-electron chi connectivity index (χ4n) is 4.38. The maximum Gasteiger partial charge on any atom is 0.325 e. The van der Waals surface area contributed by atoms with Crippen molar-refractivity contribution < 1.29 is 19.4 Å². The van der Waals surface area contributed by atoms with E-state index in [-0.39, 0.29) is 11.4 Å². The van der Waals surface area contributed by atoms with Gasteiger partial charge in [-0.2, -0.15) is 0 Å². The predicted molar refractivity (Wildman–Crippen MR) is 145 cm³/mol. The van der Waals surface area contributed by atoms with Gasteiger partial charge >= 0.3 is 6.03 Å². The molecular weight excluding hydrogens is 486 g/mol. The lowest BCUT2D eigenvalue weighted by molar-refractivity contribution is -0.00118. The molecule has 0 saturated carbocycles. The van der Waals surface area contributed by atoms with Gasteiger partial charge in [-0.15, -0.1) is 0 Å². The Morgan fingerprint density at radius 1 is 1.29 bits per heavy atom. The van der Waals surface area contributed by atoms with Crippen molar-refractivity contribution in [3.05, 3.63) is 48.1 Å². The summed E-state index contributed by atoms with van der Waals surface area (Å²) in [6, 6.07) is 6.53. The van der Waals surface area contributed by atoms with Gasteiger partial charge in [0.2, 0.25) is 0 Å². The second kappa shape index (κ2) is 12.3.